The molecular formula is C15H13BrFNO2. The van der Waals surface area contributed by atoms with Crippen molar-refractivity contribution in [3.63, 3.8) is 0 Å². The Kier molecular flexibility index (Phi) is 4.39. The number of rotatable bonds is 4. The molecule has 2 aromatic rings. The Morgan fingerprint density at radius 3 is 2.65 bits per heavy atom. The van der Waals surface area contributed by atoms with E-state index in [1.807, 2.05) is 6.07 Å². The largest absolute Gasteiger partial charge is 0.479 e. The highest BCUT2D eigenvalue weighted by Crippen LogP contribution is 2.28. The summed E-state index contributed by atoms with van der Waals surface area (Å²) >= 11 is 3.33. The molecule has 1 unspecified atom stereocenters. The topological polar surface area (TPSA) is 49.3 Å². The number of para-hydroxylation sites is 1. The number of nitrogens with one attached hydrogen (secondary N) is 1. The van der Waals surface area contributed by atoms with E-state index in [4.69, 9.17) is 0 Å². The first-order valence-electron chi connectivity index (χ1n) is 5.99. The molecule has 0 fully saturated rings. The van der Waals surface area contributed by atoms with Crippen LogP contribution in [0.25, 0.3) is 0 Å². The van der Waals surface area contributed by atoms with Crippen LogP contribution in [0.1, 0.15) is 17.2 Å². The fraction of sp³-hybridized carbons (Fsp3) is 0.133. The molecule has 0 aliphatic heterocycles. The second kappa shape index (κ2) is 6.05. The molecule has 0 heterocycles. The molecule has 0 saturated heterocycles. The monoisotopic (exact) mass is 337 g/mol. The smallest absolute Gasteiger partial charge is 0.330 e. The van der Waals surface area contributed by atoms with Crippen LogP contribution in [-0.2, 0) is 4.79 Å². The van der Waals surface area contributed by atoms with Gasteiger partial charge in [0.15, 0.2) is 6.04 Å². The fourth-order valence-electron chi connectivity index (χ4n) is 1.89. The summed E-state index contributed by atoms with van der Waals surface area (Å²) in [5.41, 5.74) is 1.52. The zero-order valence-corrected chi connectivity index (χ0v) is 12.3. The van der Waals surface area contributed by atoms with E-state index in [9.17, 15) is 14.3 Å². The minimum Gasteiger partial charge on any atom is -0.479 e. The van der Waals surface area contributed by atoms with Crippen LogP contribution in [0.5, 0.6) is 0 Å². The van der Waals surface area contributed by atoms with Crippen molar-refractivity contribution >= 4 is 27.6 Å². The first-order valence-corrected chi connectivity index (χ1v) is 6.78. The van der Waals surface area contributed by atoms with Gasteiger partial charge in [0.05, 0.1) is 0 Å². The molecule has 0 amide bonds. The maximum atomic E-state index is 13.9. The van der Waals surface area contributed by atoms with Gasteiger partial charge in [0, 0.05) is 15.7 Å². The van der Waals surface area contributed by atoms with Gasteiger partial charge in [-0.15, -0.1) is 0 Å². The molecule has 0 bridgehead atoms. The van der Waals surface area contributed by atoms with Gasteiger partial charge in [0.1, 0.15) is 5.82 Å². The molecular weight excluding hydrogens is 325 g/mol. The lowest BCUT2D eigenvalue weighted by atomic mass is 10.0. The van der Waals surface area contributed by atoms with Crippen LogP contribution in [0.15, 0.2) is 46.9 Å². The van der Waals surface area contributed by atoms with Gasteiger partial charge in [-0.2, -0.15) is 0 Å². The molecule has 1 atom stereocenters. The van der Waals surface area contributed by atoms with Crippen molar-refractivity contribution in [2.45, 2.75) is 13.0 Å². The van der Waals surface area contributed by atoms with Gasteiger partial charge in [-0.3, -0.25) is 0 Å². The summed E-state index contributed by atoms with van der Waals surface area (Å²) in [5.74, 6) is -1.67. The third kappa shape index (κ3) is 3.17. The molecule has 2 N–H and O–H groups in total. The van der Waals surface area contributed by atoms with E-state index in [2.05, 4.69) is 21.2 Å². The number of hydrogen-bond acceptors (Lipinski definition) is 2. The van der Waals surface area contributed by atoms with Crippen molar-refractivity contribution < 1.29 is 14.3 Å². The standard InChI is InChI=1S/C15H13BrFNO2/c1-9-6-7-12(17)10(8-9)14(15(19)20)18-13-5-3-2-4-11(13)16/h2-8,14,18H,1H3,(H,19,20). The molecule has 0 radical (unpaired) electrons. The molecule has 5 heteroatoms. The number of anilines is 1. The van der Waals surface area contributed by atoms with Gasteiger partial charge >= 0.3 is 5.97 Å². The van der Waals surface area contributed by atoms with Crippen LogP contribution >= 0.6 is 15.9 Å². The molecule has 3 nitrogen and oxygen atoms in total. The molecule has 0 spiro atoms. The van der Waals surface area contributed by atoms with Crippen molar-refractivity contribution in [2.75, 3.05) is 5.32 Å². The first kappa shape index (κ1) is 14.5. The predicted molar refractivity (Wildman–Crippen MR) is 79.3 cm³/mol. The Hall–Kier alpha value is -1.88. The maximum absolute atomic E-state index is 13.9. The number of aryl methyl sites for hydroxylation is 1. The first-order chi connectivity index (χ1) is 9.49. The van der Waals surface area contributed by atoms with E-state index >= 15 is 0 Å². The maximum Gasteiger partial charge on any atom is 0.330 e. The van der Waals surface area contributed by atoms with E-state index in [0.29, 0.717) is 5.69 Å². The average molecular weight is 338 g/mol. The van der Waals surface area contributed by atoms with Crippen molar-refractivity contribution in [3.8, 4) is 0 Å². The molecule has 0 aromatic heterocycles. The second-order valence-corrected chi connectivity index (χ2v) is 5.27. The molecule has 0 saturated carbocycles. The van der Waals surface area contributed by atoms with Crippen LogP contribution in [0, 0.1) is 12.7 Å². The second-order valence-electron chi connectivity index (χ2n) is 4.42. The Morgan fingerprint density at radius 2 is 2.00 bits per heavy atom. The third-order valence-electron chi connectivity index (χ3n) is 2.88. The van der Waals surface area contributed by atoms with Crippen LogP contribution in [0.4, 0.5) is 10.1 Å². The predicted octanol–water partition coefficient (Wildman–Crippen LogP) is 4.13. The van der Waals surface area contributed by atoms with Crippen LogP contribution in [0.3, 0.4) is 0 Å². The minimum absolute atomic E-state index is 0.119. The summed E-state index contributed by atoms with van der Waals surface area (Å²) in [6, 6.07) is 10.4. The van der Waals surface area contributed by atoms with Gasteiger partial charge in [0.2, 0.25) is 0 Å². The summed E-state index contributed by atoms with van der Waals surface area (Å²) < 4.78 is 14.6. The Bertz CT molecular complexity index is 646. The van der Waals surface area contributed by atoms with E-state index in [1.165, 1.54) is 12.1 Å². The summed E-state index contributed by atoms with van der Waals surface area (Å²) in [6.45, 7) is 1.79. The average Bonchev–Trinajstić information content (AvgIpc) is 2.40. The lowest BCUT2D eigenvalue weighted by molar-refractivity contribution is -0.138. The highest BCUT2D eigenvalue weighted by atomic mass is 79.9. The van der Waals surface area contributed by atoms with Crippen LogP contribution < -0.4 is 5.32 Å². The number of aliphatic carboxylic acids is 1. The molecule has 2 rings (SSSR count). The third-order valence-corrected chi connectivity index (χ3v) is 3.57. The van der Waals surface area contributed by atoms with Gasteiger partial charge in [-0.05, 0) is 41.1 Å². The summed E-state index contributed by atoms with van der Waals surface area (Å²) in [4.78, 5) is 11.4. The summed E-state index contributed by atoms with van der Waals surface area (Å²) in [5, 5.41) is 12.2. The van der Waals surface area contributed by atoms with Gasteiger partial charge in [-0.1, -0.05) is 29.8 Å². The Labute approximate surface area is 124 Å². The highest BCUT2D eigenvalue weighted by molar-refractivity contribution is 9.10. The van der Waals surface area contributed by atoms with Gasteiger partial charge in [0.25, 0.3) is 0 Å². The minimum atomic E-state index is -1.14. The van der Waals surface area contributed by atoms with Gasteiger partial charge in [-0.25, -0.2) is 9.18 Å². The lowest BCUT2D eigenvalue weighted by Crippen LogP contribution is -2.22. The van der Waals surface area contributed by atoms with Crippen LogP contribution in [0.2, 0.25) is 0 Å². The zero-order chi connectivity index (χ0) is 14.7. The van der Waals surface area contributed by atoms with Crippen molar-refractivity contribution in [1.82, 2.24) is 0 Å². The number of carboxylic acids is 1. The number of carbonyl (C=O) groups is 1. The number of carboxylic acid groups (broad SMARTS) is 1. The van der Waals surface area contributed by atoms with E-state index < -0.39 is 17.8 Å². The van der Waals surface area contributed by atoms with E-state index in [1.54, 1.807) is 31.2 Å². The van der Waals surface area contributed by atoms with E-state index in [-0.39, 0.29) is 5.56 Å². The fourth-order valence-corrected chi connectivity index (χ4v) is 2.29. The van der Waals surface area contributed by atoms with Crippen molar-refractivity contribution in [2.24, 2.45) is 0 Å². The van der Waals surface area contributed by atoms with Crippen molar-refractivity contribution in [3.05, 3.63) is 63.9 Å². The zero-order valence-electron chi connectivity index (χ0n) is 10.7. The number of benzene rings is 2. The highest BCUT2D eigenvalue weighted by Gasteiger charge is 2.23. The molecule has 2 aromatic carbocycles. The Balaban J connectivity index is 2.40. The normalized spacial score (nSPS) is 11.9. The van der Waals surface area contributed by atoms with Crippen LogP contribution in [-0.4, -0.2) is 11.1 Å². The lowest BCUT2D eigenvalue weighted by Gasteiger charge is -2.18. The molecule has 104 valence electrons. The summed E-state index contributed by atoms with van der Waals surface area (Å²) in [7, 11) is 0. The number of halogens is 2. The molecule has 0 aliphatic rings. The molecule has 0 aliphatic carbocycles. The number of hydrogen-bond donors (Lipinski definition) is 2. The van der Waals surface area contributed by atoms with E-state index in [0.717, 1.165) is 10.0 Å². The van der Waals surface area contributed by atoms with Crippen molar-refractivity contribution in [1.29, 1.82) is 0 Å². The summed E-state index contributed by atoms with van der Waals surface area (Å²) in [6.07, 6.45) is 0. The quantitative estimate of drug-likeness (QED) is 0.881. The Morgan fingerprint density at radius 1 is 1.30 bits per heavy atom. The SMILES string of the molecule is Cc1ccc(F)c(C(Nc2ccccc2Br)C(=O)O)c1. The van der Waals surface area contributed by atoms with Gasteiger partial charge < -0.3 is 10.4 Å². The molecule has 20 heavy (non-hydrogen) atoms.